The van der Waals surface area contributed by atoms with E-state index >= 15 is 0 Å². The Morgan fingerprint density at radius 1 is 0.654 bits per heavy atom. The molecule has 1 aliphatic carbocycles. The molecule has 1 fully saturated rings. The first kappa shape index (κ1) is 18.4. The fourth-order valence-corrected chi connectivity index (χ4v) is 3.77. The highest BCUT2D eigenvalue weighted by Crippen LogP contribution is 2.51. The summed E-state index contributed by atoms with van der Waals surface area (Å²) in [6.45, 7) is 3.65. The number of hydrogen-bond donors (Lipinski definition) is 4. The summed E-state index contributed by atoms with van der Waals surface area (Å²) in [5.74, 6) is -2.59. The van der Waals surface area contributed by atoms with Crippen molar-refractivity contribution in [2.75, 3.05) is 0 Å². The second kappa shape index (κ2) is 6.70. The molecule has 0 amide bonds. The zero-order valence-electron chi connectivity index (χ0n) is 14.6. The van der Waals surface area contributed by atoms with Gasteiger partial charge in [-0.05, 0) is 59.1 Å². The van der Waals surface area contributed by atoms with Crippen LogP contribution in [0.15, 0.2) is 24.3 Å². The molecule has 0 bridgehead atoms. The van der Waals surface area contributed by atoms with Crippen LogP contribution in [-0.2, 0) is 12.8 Å². The van der Waals surface area contributed by atoms with Gasteiger partial charge in [0.05, 0.1) is 0 Å². The maximum atomic E-state index is 12.8. The minimum absolute atomic E-state index is 0.0710. The van der Waals surface area contributed by atoms with E-state index in [9.17, 15) is 30.6 Å². The highest BCUT2D eigenvalue weighted by atomic mass is 16.3. The number of phenols is 4. The molecule has 0 spiro atoms. The van der Waals surface area contributed by atoms with Crippen molar-refractivity contribution in [3.63, 3.8) is 0 Å². The Morgan fingerprint density at radius 3 is 1.31 bits per heavy atom. The molecule has 26 heavy (non-hydrogen) atoms. The summed E-state index contributed by atoms with van der Waals surface area (Å²) in [4.78, 5) is 0. The second-order valence-corrected chi connectivity index (χ2v) is 6.77. The van der Waals surface area contributed by atoms with E-state index in [0.717, 1.165) is 12.1 Å². The van der Waals surface area contributed by atoms with Gasteiger partial charge in [-0.1, -0.05) is 13.8 Å². The molecule has 3 rings (SSSR count). The molecule has 6 nitrogen and oxygen atoms in total. The summed E-state index contributed by atoms with van der Waals surface area (Å²) in [5.41, 5.74) is 1.59. The van der Waals surface area contributed by atoms with Gasteiger partial charge in [0.25, 0.3) is 0 Å². The molecule has 4 N–H and O–H groups in total. The largest absolute Gasteiger partial charge is 0.851 e. The zero-order chi connectivity index (χ0) is 19.2. The highest BCUT2D eigenvalue weighted by molar-refractivity contribution is 5.53. The minimum Gasteiger partial charge on any atom is -0.851 e. The first-order chi connectivity index (χ1) is 12.3. The molecule has 0 heterocycles. The fourth-order valence-electron chi connectivity index (χ4n) is 3.77. The van der Waals surface area contributed by atoms with Gasteiger partial charge in [-0.3, -0.25) is 0 Å². The van der Waals surface area contributed by atoms with Crippen molar-refractivity contribution in [3.05, 3.63) is 46.5 Å². The molecule has 1 saturated carbocycles. The van der Waals surface area contributed by atoms with E-state index in [0.29, 0.717) is 24.0 Å². The Balaban J connectivity index is 1.96. The molecule has 0 unspecified atom stereocenters. The van der Waals surface area contributed by atoms with E-state index in [1.54, 1.807) is 0 Å². The first-order valence-corrected chi connectivity index (χ1v) is 8.71. The number of hydrogen-bond acceptors (Lipinski definition) is 6. The molecule has 140 valence electrons. The van der Waals surface area contributed by atoms with E-state index in [1.165, 1.54) is 12.1 Å². The van der Waals surface area contributed by atoms with Gasteiger partial charge in [-0.25, -0.2) is 0 Å². The van der Waals surface area contributed by atoms with Crippen LogP contribution in [0.5, 0.6) is 23.0 Å². The maximum Gasteiger partial charge on any atom is 0.122 e. The molecule has 0 aliphatic heterocycles. The third kappa shape index (κ3) is 2.75. The number of phenolic OH excluding ortho intramolecular Hbond substituents is 4. The lowest BCUT2D eigenvalue weighted by molar-refractivity contribution is -0.536. The predicted molar refractivity (Wildman–Crippen MR) is 91.4 cm³/mol. The van der Waals surface area contributed by atoms with E-state index in [2.05, 4.69) is 0 Å². The van der Waals surface area contributed by atoms with Crippen molar-refractivity contribution in [1.29, 1.82) is 0 Å². The van der Waals surface area contributed by atoms with Gasteiger partial charge < -0.3 is 30.6 Å². The summed E-state index contributed by atoms with van der Waals surface area (Å²) in [5, 5.41) is 65.3. The van der Waals surface area contributed by atoms with E-state index in [4.69, 9.17) is 0 Å². The van der Waals surface area contributed by atoms with Crippen LogP contribution in [0.1, 0.15) is 47.9 Å². The van der Waals surface area contributed by atoms with Crippen molar-refractivity contribution in [1.82, 2.24) is 0 Å². The Bertz CT molecular complexity index is 754. The van der Waals surface area contributed by atoms with Crippen LogP contribution in [0, 0.1) is 0 Å². The lowest BCUT2D eigenvalue weighted by atomic mass is 9.62. The van der Waals surface area contributed by atoms with Gasteiger partial charge in [0.15, 0.2) is 0 Å². The summed E-state index contributed by atoms with van der Waals surface area (Å²) >= 11 is 0. The number of aromatic hydroxyl groups is 4. The summed E-state index contributed by atoms with van der Waals surface area (Å²) < 4.78 is 0. The third-order valence-corrected chi connectivity index (χ3v) is 5.35. The van der Waals surface area contributed by atoms with Gasteiger partial charge in [-0.15, -0.1) is 12.2 Å². The van der Waals surface area contributed by atoms with Gasteiger partial charge >= 0.3 is 0 Å². The number of aryl methyl sites for hydroxylation is 2. The molecule has 1 aliphatic rings. The highest BCUT2D eigenvalue weighted by Gasteiger charge is 2.41. The van der Waals surface area contributed by atoms with Crippen LogP contribution in [0.4, 0.5) is 0 Å². The van der Waals surface area contributed by atoms with Crippen molar-refractivity contribution >= 4 is 0 Å². The quantitative estimate of drug-likeness (QED) is 0.645. The molecule has 6 heteroatoms. The standard InChI is InChI=1S/C20H22O6/c1-3-9-5-11(15(23)7-13(9)21)17-19(25)18(20(17)26)12-6-10(4-2)14(22)8-16(12)24/h5-8,17-24H,3-4H2,1-2H3/q-2. The summed E-state index contributed by atoms with van der Waals surface area (Å²) in [7, 11) is 0. The van der Waals surface area contributed by atoms with Crippen molar-refractivity contribution in [2.24, 2.45) is 0 Å². The Morgan fingerprint density at radius 2 is 1.00 bits per heavy atom. The SMILES string of the molecule is CCc1cc(C2C([O-])C(c3cc(CC)c(O)cc3O)C2[O-])c(O)cc1O. The maximum absolute atomic E-state index is 12.8. The van der Waals surface area contributed by atoms with E-state index in [-0.39, 0.29) is 34.1 Å². The zero-order valence-corrected chi connectivity index (χ0v) is 14.6. The van der Waals surface area contributed by atoms with Crippen LogP contribution in [-0.4, -0.2) is 32.6 Å². The van der Waals surface area contributed by atoms with E-state index < -0.39 is 24.0 Å². The third-order valence-electron chi connectivity index (χ3n) is 5.35. The van der Waals surface area contributed by atoms with Gasteiger partial charge in [-0.2, -0.15) is 0 Å². The number of benzene rings is 2. The molecule has 2 aromatic carbocycles. The summed E-state index contributed by atoms with van der Waals surface area (Å²) in [6, 6.07) is 5.34. The topological polar surface area (TPSA) is 127 Å². The van der Waals surface area contributed by atoms with Crippen molar-refractivity contribution in [2.45, 2.75) is 50.7 Å². The van der Waals surface area contributed by atoms with Crippen LogP contribution in [0.3, 0.4) is 0 Å². The monoisotopic (exact) mass is 358 g/mol. The Kier molecular flexibility index (Phi) is 4.73. The molecule has 0 saturated heterocycles. The van der Waals surface area contributed by atoms with Gasteiger partial charge in [0, 0.05) is 12.1 Å². The van der Waals surface area contributed by atoms with Crippen molar-refractivity contribution < 1.29 is 30.6 Å². The average molecular weight is 358 g/mol. The second-order valence-electron chi connectivity index (χ2n) is 6.77. The Hall–Kier alpha value is -2.44. The average Bonchev–Trinajstić information content (AvgIpc) is 2.59. The van der Waals surface area contributed by atoms with Gasteiger partial charge in [0.1, 0.15) is 23.0 Å². The molecule has 0 aromatic heterocycles. The van der Waals surface area contributed by atoms with E-state index in [1.807, 2.05) is 13.8 Å². The van der Waals surface area contributed by atoms with Crippen LogP contribution >= 0.6 is 0 Å². The molecular weight excluding hydrogens is 336 g/mol. The normalized spacial score (nSPS) is 25.1. The van der Waals surface area contributed by atoms with Crippen LogP contribution in [0.25, 0.3) is 0 Å². The van der Waals surface area contributed by atoms with Crippen LogP contribution in [0.2, 0.25) is 0 Å². The Labute approximate surface area is 151 Å². The molecular formula is C20H22O6-2. The van der Waals surface area contributed by atoms with Gasteiger partial charge in [0.2, 0.25) is 0 Å². The minimum atomic E-state index is -1.34. The lowest BCUT2D eigenvalue weighted by Crippen LogP contribution is -2.63. The summed E-state index contributed by atoms with van der Waals surface area (Å²) in [6.07, 6.45) is -1.67. The molecule has 2 aromatic rings. The number of rotatable bonds is 4. The predicted octanol–water partition coefficient (Wildman–Crippen LogP) is 0.973. The van der Waals surface area contributed by atoms with Crippen molar-refractivity contribution in [3.8, 4) is 23.0 Å². The van der Waals surface area contributed by atoms with Crippen LogP contribution < -0.4 is 10.2 Å². The fraction of sp³-hybridized carbons (Fsp3) is 0.400. The first-order valence-electron chi connectivity index (χ1n) is 8.71. The molecule has 0 atom stereocenters. The smallest absolute Gasteiger partial charge is 0.122 e. The molecule has 0 radical (unpaired) electrons. The lowest BCUT2D eigenvalue weighted by Gasteiger charge is -2.61.